The van der Waals surface area contributed by atoms with Gasteiger partial charge in [-0.15, -0.1) is 0 Å². The van der Waals surface area contributed by atoms with Crippen LogP contribution in [0.2, 0.25) is 0 Å². The van der Waals surface area contributed by atoms with Crippen LogP contribution in [0.1, 0.15) is 37.6 Å². The number of hydrogen-bond donors (Lipinski definition) is 1. The number of anilines is 1. The molecule has 0 saturated heterocycles. The fourth-order valence-corrected chi connectivity index (χ4v) is 2.13. The van der Waals surface area contributed by atoms with Crippen molar-refractivity contribution in [2.24, 2.45) is 0 Å². The highest BCUT2D eigenvalue weighted by Gasteiger charge is 2.13. The quantitative estimate of drug-likeness (QED) is 0.795. The molecule has 0 aromatic heterocycles. The highest BCUT2D eigenvalue weighted by Crippen LogP contribution is 2.15. The van der Waals surface area contributed by atoms with Crippen molar-refractivity contribution in [3.05, 3.63) is 29.8 Å². The Bertz CT molecular complexity index is 417. The van der Waals surface area contributed by atoms with Gasteiger partial charge in [-0.3, -0.25) is 4.79 Å². The van der Waals surface area contributed by atoms with Gasteiger partial charge in [0.2, 0.25) is 0 Å². The standard InChI is InChI=1S/C16H26N2O2/c1-5-14(12-20-4)17-15-10-8-9-13(11-15)16(19)18(6-2)7-3/h8-11,14,17H,5-7,12H2,1-4H3. The van der Waals surface area contributed by atoms with E-state index in [2.05, 4.69) is 12.2 Å². The SMILES string of the molecule is CCC(COC)Nc1cccc(C(=O)N(CC)CC)c1. The Morgan fingerprint density at radius 2 is 2.00 bits per heavy atom. The zero-order valence-electron chi connectivity index (χ0n) is 13.0. The van der Waals surface area contributed by atoms with Crippen LogP contribution in [0.5, 0.6) is 0 Å². The first-order chi connectivity index (χ1) is 9.65. The van der Waals surface area contributed by atoms with Gasteiger partial charge in [-0.05, 0) is 38.5 Å². The van der Waals surface area contributed by atoms with E-state index in [0.29, 0.717) is 6.61 Å². The Morgan fingerprint density at radius 3 is 2.55 bits per heavy atom. The summed E-state index contributed by atoms with van der Waals surface area (Å²) in [6, 6.07) is 7.94. The van der Waals surface area contributed by atoms with E-state index in [4.69, 9.17) is 4.74 Å². The average Bonchev–Trinajstić information content (AvgIpc) is 2.48. The molecule has 1 aromatic rings. The van der Waals surface area contributed by atoms with Crippen LogP contribution < -0.4 is 5.32 Å². The molecule has 1 rings (SSSR count). The van der Waals surface area contributed by atoms with Gasteiger partial charge in [0.25, 0.3) is 5.91 Å². The van der Waals surface area contributed by atoms with Gasteiger partial charge in [0, 0.05) is 37.5 Å². The van der Waals surface area contributed by atoms with E-state index in [9.17, 15) is 4.79 Å². The molecule has 0 aliphatic carbocycles. The van der Waals surface area contributed by atoms with Crippen LogP contribution in [0.25, 0.3) is 0 Å². The topological polar surface area (TPSA) is 41.6 Å². The summed E-state index contributed by atoms with van der Waals surface area (Å²) in [6.07, 6.45) is 0.974. The second-order valence-corrected chi connectivity index (χ2v) is 4.76. The predicted octanol–water partition coefficient (Wildman–Crippen LogP) is 3.01. The maximum atomic E-state index is 12.3. The minimum atomic E-state index is 0.0819. The molecule has 1 amide bonds. The minimum Gasteiger partial charge on any atom is -0.383 e. The number of ether oxygens (including phenoxy) is 1. The molecule has 0 fully saturated rings. The van der Waals surface area contributed by atoms with E-state index in [1.54, 1.807) is 7.11 Å². The summed E-state index contributed by atoms with van der Waals surface area (Å²) in [7, 11) is 1.70. The molecule has 0 saturated carbocycles. The average molecular weight is 278 g/mol. The number of rotatable bonds is 8. The normalized spacial score (nSPS) is 12.0. The maximum absolute atomic E-state index is 12.3. The third-order valence-corrected chi connectivity index (χ3v) is 3.39. The molecule has 1 unspecified atom stereocenters. The largest absolute Gasteiger partial charge is 0.383 e. The molecule has 4 nitrogen and oxygen atoms in total. The summed E-state index contributed by atoms with van der Waals surface area (Å²) in [6.45, 7) is 8.22. The molecule has 0 spiro atoms. The van der Waals surface area contributed by atoms with E-state index < -0.39 is 0 Å². The van der Waals surface area contributed by atoms with E-state index >= 15 is 0 Å². The summed E-state index contributed by atoms with van der Waals surface area (Å²) in [5, 5.41) is 3.40. The summed E-state index contributed by atoms with van der Waals surface area (Å²) in [4.78, 5) is 14.1. The number of carbonyl (C=O) groups excluding carboxylic acids is 1. The third kappa shape index (κ3) is 4.53. The minimum absolute atomic E-state index is 0.0819. The molecule has 0 heterocycles. The Kier molecular flexibility index (Phi) is 7.09. The Morgan fingerprint density at radius 1 is 1.30 bits per heavy atom. The number of amides is 1. The van der Waals surface area contributed by atoms with E-state index in [1.165, 1.54) is 0 Å². The second kappa shape index (κ2) is 8.59. The third-order valence-electron chi connectivity index (χ3n) is 3.39. The van der Waals surface area contributed by atoms with Crippen LogP contribution in [0, 0.1) is 0 Å². The van der Waals surface area contributed by atoms with Crippen molar-refractivity contribution in [2.75, 3.05) is 32.1 Å². The van der Waals surface area contributed by atoms with Crippen LogP contribution in [0.3, 0.4) is 0 Å². The van der Waals surface area contributed by atoms with Gasteiger partial charge in [0.15, 0.2) is 0 Å². The molecule has 1 aromatic carbocycles. The van der Waals surface area contributed by atoms with Crippen molar-refractivity contribution in [3.8, 4) is 0 Å². The molecule has 1 atom stereocenters. The first kappa shape index (κ1) is 16.5. The molecule has 0 aliphatic heterocycles. The molecule has 1 N–H and O–H groups in total. The summed E-state index contributed by atoms with van der Waals surface area (Å²) < 4.78 is 5.18. The van der Waals surface area contributed by atoms with Gasteiger partial charge in [-0.1, -0.05) is 13.0 Å². The summed E-state index contributed by atoms with van der Waals surface area (Å²) >= 11 is 0. The number of benzene rings is 1. The second-order valence-electron chi connectivity index (χ2n) is 4.76. The molecular weight excluding hydrogens is 252 g/mol. The lowest BCUT2D eigenvalue weighted by Gasteiger charge is -2.20. The molecule has 20 heavy (non-hydrogen) atoms. The fourth-order valence-electron chi connectivity index (χ4n) is 2.13. The monoisotopic (exact) mass is 278 g/mol. The Labute approximate surface area is 122 Å². The van der Waals surface area contributed by atoms with E-state index in [0.717, 1.165) is 30.8 Å². The zero-order valence-corrected chi connectivity index (χ0v) is 13.0. The van der Waals surface area contributed by atoms with Gasteiger partial charge in [-0.2, -0.15) is 0 Å². The lowest BCUT2D eigenvalue weighted by Crippen LogP contribution is -2.30. The lowest BCUT2D eigenvalue weighted by atomic mass is 10.1. The van der Waals surface area contributed by atoms with Crippen molar-refractivity contribution in [2.45, 2.75) is 33.2 Å². The van der Waals surface area contributed by atoms with Gasteiger partial charge < -0.3 is 15.0 Å². The Hall–Kier alpha value is -1.55. The van der Waals surface area contributed by atoms with E-state index in [-0.39, 0.29) is 11.9 Å². The number of nitrogens with one attached hydrogen (secondary N) is 1. The number of methoxy groups -OCH3 is 1. The van der Waals surface area contributed by atoms with Crippen molar-refractivity contribution in [1.82, 2.24) is 4.90 Å². The van der Waals surface area contributed by atoms with Crippen LogP contribution in [-0.2, 0) is 4.74 Å². The molecular formula is C16H26N2O2. The summed E-state index contributed by atoms with van der Waals surface area (Å²) in [5.74, 6) is 0.0819. The molecule has 0 bridgehead atoms. The Balaban J connectivity index is 2.82. The highest BCUT2D eigenvalue weighted by atomic mass is 16.5. The first-order valence-electron chi connectivity index (χ1n) is 7.30. The van der Waals surface area contributed by atoms with E-state index in [1.807, 2.05) is 43.0 Å². The molecule has 0 radical (unpaired) electrons. The van der Waals surface area contributed by atoms with Crippen molar-refractivity contribution in [1.29, 1.82) is 0 Å². The number of hydrogen-bond acceptors (Lipinski definition) is 3. The van der Waals surface area contributed by atoms with Crippen LogP contribution in [-0.4, -0.2) is 43.7 Å². The molecule has 4 heteroatoms. The highest BCUT2D eigenvalue weighted by molar-refractivity contribution is 5.95. The lowest BCUT2D eigenvalue weighted by molar-refractivity contribution is 0.0773. The maximum Gasteiger partial charge on any atom is 0.253 e. The van der Waals surface area contributed by atoms with Gasteiger partial charge in [0.05, 0.1) is 6.61 Å². The van der Waals surface area contributed by atoms with Crippen molar-refractivity contribution < 1.29 is 9.53 Å². The van der Waals surface area contributed by atoms with Crippen molar-refractivity contribution >= 4 is 11.6 Å². The first-order valence-corrected chi connectivity index (χ1v) is 7.30. The van der Waals surface area contributed by atoms with Gasteiger partial charge >= 0.3 is 0 Å². The number of carbonyl (C=O) groups is 1. The van der Waals surface area contributed by atoms with Gasteiger partial charge in [0.1, 0.15) is 0 Å². The predicted molar refractivity (Wildman–Crippen MR) is 83.3 cm³/mol. The van der Waals surface area contributed by atoms with Crippen LogP contribution >= 0.6 is 0 Å². The fraction of sp³-hybridized carbons (Fsp3) is 0.562. The zero-order chi connectivity index (χ0) is 15.0. The van der Waals surface area contributed by atoms with Crippen LogP contribution in [0.4, 0.5) is 5.69 Å². The molecule has 112 valence electrons. The molecule has 0 aliphatic rings. The number of nitrogens with zero attached hydrogens (tertiary/aromatic N) is 1. The van der Waals surface area contributed by atoms with Crippen molar-refractivity contribution in [3.63, 3.8) is 0 Å². The summed E-state index contributed by atoms with van der Waals surface area (Å²) in [5.41, 5.74) is 1.69. The van der Waals surface area contributed by atoms with Crippen LogP contribution in [0.15, 0.2) is 24.3 Å². The van der Waals surface area contributed by atoms with Gasteiger partial charge in [-0.25, -0.2) is 0 Å². The smallest absolute Gasteiger partial charge is 0.253 e.